The summed E-state index contributed by atoms with van der Waals surface area (Å²) in [4.78, 5) is 10.8. The average molecular weight is 213 g/mol. The molecule has 1 aliphatic rings. The predicted octanol–water partition coefficient (Wildman–Crippen LogP) is 1.71. The van der Waals surface area contributed by atoms with Crippen molar-refractivity contribution in [2.75, 3.05) is 5.32 Å². The highest BCUT2D eigenvalue weighted by molar-refractivity contribution is 6.19. The van der Waals surface area contributed by atoms with Crippen LogP contribution in [0.2, 0.25) is 0 Å². The molecule has 0 saturated heterocycles. The third kappa shape index (κ3) is 3.36. The Morgan fingerprint density at radius 3 is 2.64 bits per heavy atom. The van der Waals surface area contributed by atoms with Crippen molar-refractivity contribution in [2.24, 2.45) is 5.73 Å². The Morgan fingerprint density at radius 1 is 1.50 bits per heavy atom. The first-order valence-electron chi connectivity index (χ1n) is 4.37. The first-order valence-corrected chi connectivity index (χ1v) is 4.80. The zero-order chi connectivity index (χ0) is 10.6. The summed E-state index contributed by atoms with van der Waals surface area (Å²) in [6.45, 7) is 1.71. The molecule has 0 bridgehead atoms. The second-order valence-electron chi connectivity index (χ2n) is 3.06. The maximum absolute atomic E-state index is 10.8. The number of halogens is 1. The number of para-hydroxylation sites is 1. The Kier molecular flexibility index (Phi) is 3.92. The molecule has 3 N–H and O–H groups in total. The number of fused-ring (bicyclic) bond motifs is 1. The van der Waals surface area contributed by atoms with Crippen molar-refractivity contribution >= 4 is 23.2 Å². The van der Waals surface area contributed by atoms with Gasteiger partial charge >= 0.3 is 0 Å². The fourth-order valence-corrected chi connectivity index (χ4v) is 1.16. The van der Waals surface area contributed by atoms with Crippen LogP contribution >= 0.6 is 11.6 Å². The molecular formula is C10H13ClN2O. The van der Waals surface area contributed by atoms with E-state index in [-0.39, 0.29) is 11.4 Å². The van der Waals surface area contributed by atoms with Crippen LogP contribution in [-0.2, 0) is 11.2 Å². The molecule has 1 aromatic rings. The standard InChI is InChI=1S/C8H7NO.C2H6ClN/c10-8-5-6-3-1-2-4-7(6)9-8;1-2(3)4/h1-4H,5H2,(H,9,10);2H,4H2,1H3. The Balaban J connectivity index is 0.000000213. The van der Waals surface area contributed by atoms with Crippen LogP contribution in [0.25, 0.3) is 0 Å². The summed E-state index contributed by atoms with van der Waals surface area (Å²) in [5.41, 5.74) is 6.75. The monoisotopic (exact) mass is 212 g/mol. The van der Waals surface area contributed by atoms with Crippen LogP contribution in [0.5, 0.6) is 0 Å². The number of nitrogens with two attached hydrogens (primary N) is 1. The van der Waals surface area contributed by atoms with Gasteiger partial charge in [-0.3, -0.25) is 4.79 Å². The maximum Gasteiger partial charge on any atom is 0.228 e. The van der Waals surface area contributed by atoms with Crippen LogP contribution in [0.3, 0.4) is 0 Å². The molecule has 0 aromatic heterocycles. The Morgan fingerprint density at radius 2 is 2.07 bits per heavy atom. The van der Waals surface area contributed by atoms with Gasteiger partial charge in [0.25, 0.3) is 0 Å². The highest BCUT2D eigenvalue weighted by atomic mass is 35.5. The van der Waals surface area contributed by atoms with Crippen molar-refractivity contribution < 1.29 is 4.79 Å². The summed E-state index contributed by atoms with van der Waals surface area (Å²) in [6.07, 6.45) is 0.538. The molecule has 1 amide bonds. The number of rotatable bonds is 0. The topological polar surface area (TPSA) is 55.1 Å². The fourth-order valence-electron chi connectivity index (χ4n) is 1.16. The van der Waals surface area contributed by atoms with Crippen molar-refractivity contribution in [3.8, 4) is 0 Å². The molecule has 0 aliphatic carbocycles. The maximum atomic E-state index is 10.8. The summed E-state index contributed by atoms with van der Waals surface area (Å²) in [7, 11) is 0. The largest absolute Gasteiger partial charge is 0.326 e. The average Bonchev–Trinajstić information content (AvgIpc) is 2.42. The van der Waals surface area contributed by atoms with Crippen LogP contribution in [0.1, 0.15) is 12.5 Å². The zero-order valence-corrected chi connectivity index (χ0v) is 8.71. The predicted molar refractivity (Wildman–Crippen MR) is 58.3 cm³/mol. The van der Waals surface area contributed by atoms with E-state index in [9.17, 15) is 4.79 Å². The molecule has 0 saturated carbocycles. The van der Waals surface area contributed by atoms with Gasteiger partial charge in [0.05, 0.1) is 11.9 Å². The zero-order valence-electron chi connectivity index (χ0n) is 7.96. The van der Waals surface area contributed by atoms with E-state index < -0.39 is 0 Å². The smallest absolute Gasteiger partial charge is 0.228 e. The summed E-state index contributed by atoms with van der Waals surface area (Å²) < 4.78 is 0. The molecule has 4 heteroatoms. The number of hydrogen-bond donors (Lipinski definition) is 2. The van der Waals surface area contributed by atoms with Gasteiger partial charge in [0.2, 0.25) is 5.91 Å². The van der Waals surface area contributed by atoms with Gasteiger partial charge in [0.1, 0.15) is 0 Å². The van der Waals surface area contributed by atoms with Gasteiger partial charge in [-0.25, -0.2) is 0 Å². The van der Waals surface area contributed by atoms with Gasteiger partial charge in [-0.15, -0.1) is 11.6 Å². The van der Waals surface area contributed by atoms with Crippen LogP contribution < -0.4 is 11.1 Å². The van der Waals surface area contributed by atoms with Gasteiger partial charge < -0.3 is 11.1 Å². The van der Waals surface area contributed by atoms with Crippen LogP contribution in [0, 0.1) is 0 Å². The van der Waals surface area contributed by atoms with Crippen molar-refractivity contribution in [3.63, 3.8) is 0 Å². The second kappa shape index (κ2) is 4.98. The van der Waals surface area contributed by atoms with Crippen molar-refractivity contribution in [3.05, 3.63) is 29.8 Å². The van der Waals surface area contributed by atoms with E-state index in [2.05, 4.69) is 5.32 Å². The van der Waals surface area contributed by atoms with Gasteiger partial charge in [-0.2, -0.15) is 0 Å². The number of alkyl halides is 1. The molecule has 1 atom stereocenters. The van der Waals surface area contributed by atoms with E-state index in [1.807, 2.05) is 24.3 Å². The normalized spacial score (nSPS) is 14.9. The van der Waals surface area contributed by atoms with Crippen LogP contribution in [0.4, 0.5) is 5.69 Å². The molecule has 2 rings (SSSR count). The van der Waals surface area contributed by atoms with Crippen LogP contribution in [0.15, 0.2) is 24.3 Å². The SMILES string of the molecule is CC(N)Cl.O=C1Cc2ccccc2N1. The van der Waals surface area contributed by atoms with E-state index in [1.165, 1.54) is 0 Å². The first-order chi connectivity index (χ1) is 6.59. The lowest BCUT2D eigenvalue weighted by Gasteiger charge is -1.93. The second-order valence-corrected chi connectivity index (χ2v) is 3.75. The molecule has 1 aliphatic heterocycles. The number of hydrogen-bond acceptors (Lipinski definition) is 2. The van der Waals surface area contributed by atoms with E-state index >= 15 is 0 Å². The molecule has 1 aromatic carbocycles. The number of carbonyl (C=O) groups is 1. The molecule has 1 unspecified atom stereocenters. The van der Waals surface area contributed by atoms with E-state index in [0.717, 1.165) is 11.3 Å². The number of nitrogens with one attached hydrogen (secondary N) is 1. The molecule has 0 spiro atoms. The van der Waals surface area contributed by atoms with E-state index in [1.54, 1.807) is 6.92 Å². The summed E-state index contributed by atoms with van der Waals surface area (Å²) in [6, 6.07) is 7.75. The summed E-state index contributed by atoms with van der Waals surface area (Å²) in [5.74, 6) is 0.0983. The number of anilines is 1. The summed E-state index contributed by atoms with van der Waals surface area (Å²) in [5, 5.41) is 2.76. The van der Waals surface area contributed by atoms with E-state index in [4.69, 9.17) is 17.3 Å². The minimum Gasteiger partial charge on any atom is -0.326 e. The number of amides is 1. The number of carbonyl (C=O) groups excluding carboxylic acids is 1. The molecular weight excluding hydrogens is 200 g/mol. The van der Waals surface area contributed by atoms with Crippen molar-refractivity contribution in [1.82, 2.24) is 0 Å². The molecule has 14 heavy (non-hydrogen) atoms. The molecule has 76 valence electrons. The highest BCUT2D eigenvalue weighted by Gasteiger charge is 2.15. The van der Waals surface area contributed by atoms with E-state index in [0.29, 0.717) is 6.42 Å². The van der Waals surface area contributed by atoms with Crippen LogP contribution in [-0.4, -0.2) is 11.4 Å². The third-order valence-corrected chi connectivity index (χ3v) is 1.64. The van der Waals surface area contributed by atoms with Gasteiger partial charge in [0, 0.05) is 5.69 Å². The molecule has 0 fully saturated rings. The number of benzene rings is 1. The fraction of sp³-hybridized carbons (Fsp3) is 0.300. The minimum atomic E-state index is -0.194. The lowest BCUT2D eigenvalue weighted by atomic mass is 10.2. The minimum absolute atomic E-state index is 0.0983. The van der Waals surface area contributed by atoms with Crippen molar-refractivity contribution in [1.29, 1.82) is 0 Å². The highest BCUT2D eigenvalue weighted by Crippen LogP contribution is 2.20. The van der Waals surface area contributed by atoms with Crippen molar-refractivity contribution in [2.45, 2.75) is 18.8 Å². The van der Waals surface area contributed by atoms with Gasteiger partial charge in [-0.1, -0.05) is 18.2 Å². The first kappa shape index (κ1) is 11.0. The van der Waals surface area contributed by atoms with Gasteiger partial charge in [0.15, 0.2) is 0 Å². The Bertz CT molecular complexity index is 296. The lowest BCUT2D eigenvalue weighted by Crippen LogP contribution is -2.03. The molecule has 0 radical (unpaired) electrons. The Labute approximate surface area is 88.2 Å². The molecule has 1 heterocycles. The summed E-state index contributed by atoms with van der Waals surface area (Å²) >= 11 is 5.05. The third-order valence-electron chi connectivity index (χ3n) is 1.64. The molecule has 3 nitrogen and oxygen atoms in total. The lowest BCUT2D eigenvalue weighted by molar-refractivity contribution is -0.115. The quantitative estimate of drug-likeness (QED) is 0.508. The van der Waals surface area contributed by atoms with Gasteiger partial charge in [-0.05, 0) is 18.6 Å². The Hall–Kier alpha value is -1.06.